The molecule has 104 valence electrons. The van der Waals surface area contributed by atoms with Crippen molar-refractivity contribution in [2.24, 2.45) is 0 Å². The van der Waals surface area contributed by atoms with Crippen LogP contribution in [0.25, 0.3) is 0 Å². The van der Waals surface area contributed by atoms with E-state index in [1.165, 1.54) is 19.9 Å². The van der Waals surface area contributed by atoms with Crippen LogP contribution < -0.4 is 4.74 Å². The molecule has 0 saturated carbocycles. The van der Waals surface area contributed by atoms with Crippen LogP contribution in [0.3, 0.4) is 0 Å². The Bertz CT molecular complexity index is 528. The molecule has 0 spiro atoms. The standard InChI is InChI=1S/C11H14N2O6/c1-4-9(14)19-11-8(12(15)16)5-6(2)7(3)10(11)13(17)18/h5,9,14H,4H2,1-3H3. The lowest BCUT2D eigenvalue weighted by Crippen LogP contribution is -2.16. The van der Waals surface area contributed by atoms with Crippen molar-refractivity contribution in [2.45, 2.75) is 33.5 Å². The lowest BCUT2D eigenvalue weighted by molar-refractivity contribution is -0.397. The summed E-state index contributed by atoms with van der Waals surface area (Å²) in [5.41, 5.74) is -0.327. The smallest absolute Gasteiger partial charge is 0.321 e. The molecule has 0 aliphatic heterocycles. The van der Waals surface area contributed by atoms with E-state index in [0.29, 0.717) is 5.56 Å². The number of hydrogen-bond acceptors (Lipinski definition) is 6. The van der Waals surface area contributed by atoms with Crippen LogP contribution in [-0.4, -0.2) is 21.2 Å². The van der Waals surface area contributed by atoms with Gasteiger partial charge in [0.1, 0.15) is 0 Å². The van der Waals surface area contributed by atoms with Crippen LogP contribution in [0.5, 0.6) is 5.75 Å². The van der Waals surface area contributed by atoms with Crippen molar-refractivity contribution >= 4 is 11.4 Å². The van der Waals surface area contributed by atoms with Crippen LogP contribution in [0.4, 0.5) is 11.4 Å². The van der Waals surface area contributed by atoms with Crippen LogP contribution >= 0.6 is 0 Å². The Morgan fingerprint density at radius 3 is 2.32 bits per heavy atom. The first-order chi connectivity index (χ1) is 8.79. The maximum Gasteiger partial charge on any atom is 0.321 e. The monoisotopic (exact) mass is 270 g/mol. The number of benzene rings is 1. The quantitative estimate of drug-likeness (QED) is 0.498. The lowest BCUT2D eigenvalue weighted by atomic mass is 10.1. The molecule has 0 radical (unpaired) electrons. The van der Waals surface area contributed by atoms with Crippen LogP contribution in [0.2, 0.25) is 0 Å². The Morgan fingerprint density at radius 1 is 1.32 bits per heavy atom. The topological polar surface area (TPSA) is 116 Å². The number of rotatable bonds is 5. The molecule has 0 aromatic heterocycles. The SMILES string of the molecule is CCC(O)Oc1c([N+](=O)[O-])cc(C)c(C)c1[N+](=O)[O-]. The Hall–Kier alpha value is -2.22. The van der Waals surface area contributed by atoms with E-state index in [1.807, 2.05) is 0 Å². The predicted octanol–water partition coefficient (Wildman–Crippen LogP) is 2.23. The third-order valence-corrected chi connectivity index (χ3v) is 2.73. The van der Waals surface area contributed by atoms with Crippen LogP contribution in [0.1, 0.15) is 24.5 Å². The summed E-state index contributed by atoms with van der Waals surface area (Å²) in [6.45, 7) is 4.60. The minimum Gasteiger partial charge on any atom is -0.452 e. The summed E-state index contributed by atoms with van der Waals surface area (Å²) in [7, 11) is 0. The Balaban J connectivity index is 3.56. The number of ether oxygens (including phenoxy) is 1. The Labute approximate surface area is 108 Å². The van der Waals surface area contributed by atoms with Crippen LogP contribution in [-0.2, 0) is 0 Å². The fourth-order valence-electron chi connectivity index (χ4n) is 1.55. The van der Waals surface area contributed by atoms with Crippen molar-refractivity contribution in [3.8, 4) is 5.75 Å². The first-order valence-corrected chi connectivity index (χ1v) is 5.57. The fraction of sp³-hybridized carbons (Fsp3) is 0.455. The second-order valence-corrected chi connectivity index (χ2v) is 4.01. The van der Waals surface area contributed by atoms with E-state index >= 15 is 0 Å². The summed E-state index contributed by atoms with van der Waals surface area (Å²) in [6, 6.07) is 1.19. The zero-order valence-corrected chi connectivity index (χ0v) is 10.7. The Morgan fingerprint density at radius 2 is 1.89 bits per heavy atom. The molecule has 1 rings (SSSR count). The van der Waals surface area contributed by atoms with Gasteiger partial charge in [-0.05, 0) is 19.4 Å². The first-order valence-electron chi connectivity index (χ1n) is 5.57. The lowest BCUT2D eigenvalue weighted by Gasteiger charge is -2.13. The largest absolute Gasteiger partial charge is 0.452 e. The maximum absolute atomic E-state index is 11.1. The van der Waals surface area contributed by atoms with Gasteiger partial charge in [-0.15, -0.1) is 0 Å². The summed E-state index contributed by atoms with van der Waals surface area (Å²) in [6.07, 6.45) is -1.18. The van der Waals surface area contributed by atoms with Gasteiger partial charge >= 0.3 is 11.4 Å². The number of nitro benzene ring substituents is 2. The maximum atomic E-state index is 11.1. The fourth-order valence-corrected chi connectivity index (χ4v) is 1.55. The zero-order chi connectivity index (χ0) is 14.7. The summed E-state index contributed by atoms with van der Waals surface area (Å²) in [5.74, 6) is -0.507. The normalized spacial score (nSPS) is 12.0. The van der Waals surface area contributed by atoms with E-state index in [9.17, 15) is 25.3 Å². The average Bonchev–Trinajstić information content (AvgIpc) is 2.32. The molecule has 0 heterocycles. The van der Waals surface area contributed by atoms with Crippen molar-refractivity contribution in [1.82, 2.24) is 0 Å². The number of aryl methyl sites for hydroxylation is 1. The van der Waals surface area contributed by atoms with Gasteiger partial charge in [0.2, 0.25) is 0 Å². The minimum atomic E-state index is -1.33. The number of aliphatic hydroxyl groups is 1. The number of aliphatic hydroxyl groups excluding tert-OH is 1. The number of hydrogen-bond donors (Lipinski definition) is 1. The van der Waals surface area contributed by atoms with Gasteiger partial charge in [-0.3, -0.25) is 20.2 Å². The summed E-state index contributed by atoms with van der Waals surface area (Å²) in [5, 5.41) is 31.4. The van der Waals surface area contributed by atoms with Crippen LogP contribution in [0.15, 0.2) is 6.07 Å². The van der Waals surface area contributed by atoms with E-state index in [-0.39, 0.29) is 12.0 Å². The van der Waals surface area contributed by atoms with Gasteiger partial charge in [0, 0.05) is 18.1 Å². The van der Waals surface area contributed by atoms with E-state index in [2.05, 4.69) is 0 Å². The third kappa shape index (κ3) is 2.97. The van der Waals surface area contributed by atoms with E-state index < -0.39 is 33.3 Å². The summed E-state index contributed by atoms with van der Waals surface area (Å²) >= 11 is 0. The summed E-state index contributed by atoms with van der Waals surface area (Å²) < 4.78 is 4.96. The average molecular weight is 270 g/mol. The van der Waals surface area contributed by atoms with Crippen molar-refractivity contribution in [3.05, 3.63) is 37.4 Å². The highest BCUT2D eigenvalue weighted by Crippen LogP contribution is 2.41. The van der Waals surface area contributed by atoms with Gasteiger partial charge in [-0.25, -0.2) is 0 Å². The van der Waals surface area contributed by atoms with Gasteiger partial charge in [-0.1, -0.05) is 6.92 Å². The van der Waals surface area contributed by atoms with E-state index in [1.54, 1.807) is 6.92 Å². The molecule has 1 aromatic rings. The molecule has 0 fully saturated rings. The molecule has 1 aromatic carbocycles. The highest BCUT2D eigenvalue weighted by Gasteiger charge is 2.32. The van der Waals surface area contributed by atoms with Crippen molar-refractivity contribution in [2.75, 3.05) is 0 Å². The molecular weight excluding hydrogens is 256 g/mol. The Kier molecular flexibility index (Phi) is 4.38. The molecule has 0 aliphatic carbocycles. The molecular formula is C11H14N2O6. The first kappa shape index (κ1) is 14.8. The molecule has 0 amide bonds. The van der Waals surface area contributed by atoms with E-state index in [0.717, 1.165) is 0 Å². The zero-order valence-electron chi connectivity index (χ0n) is 10.7. The molecule has 19 heavy (non-hydrogen) atoms. The molecule has 1 atom stereocenters. The highest BCUT2D eigenvalue weighted by molar-refractivity contribution is 5.66. The summed E-state index contributed by atoms with van der Waals surface area (Å²) in [4.78, 5) is 20.5. The molecule has 1 unspecified atom stereocenters. The van der Waals surface area contributed by atoms with Gasteiger partial charge < -0.3 is 9.84 Å². The van der Waals surface area contributed by atoms with Crippen molar-refractivity contribution in [1.29, 1.82) is 0 Å². The predicted molar refractivity (Wildman–Crippen MR) is 66.2 cm³/mol. The molecule has 0 saturated heterocycles. The minimum absolute atomic E-state index is 0.154. The van der Waals surface area contributed by atoms with Gasteiger partial charge in [-0.2, -0.15) is 0 Å². The number of nitro groups is 2. The molecule has 8 heteroatoms. The van der Waals surface area contributed by atoms with Gasteiger partial charge in [0.25, 0.3) is 5.75 Å². The van der Waals surface area contributed by atoms with Gasteiger partial charge in [0.05, 0.1) is 9.85 Å². The third-order valence-electron chi connectivity index (χ3n) is 2.73. The molecule has 8 nitrogen and oxygen atoms in total. The molecule has 1 N–H and O–H groups in total. The van der Waals surface area contributed by atoms with E-state index in [4.69, 9.17) is 4.74 Å². The highest BCUT2D eigenvalue weighted by atomic mass is 16.6. The number of nitrogens with zero attached hydrogens (tertiary/aromatic N) is 2. The van der Waals surface area contributed by atoms with Crippen LogP contribution in [0, 0.1) is 34.1 Å². The van der Waals surface area contributed by atoms with Crippen molar-refractivity contribution in [3.63, 3.8) is 0 Å². The molecule has 0 bridgehead atoms. The van der Waals surface area contributed by atoms with Gasteiger partial charge in [0.15, 0.2) is 6.29 Å². The second kappa shape index (κ2) is 5.61. The van der Waals surface area contributed by atoms with Crippen molar-refractivity contribution < 1.29 is 19.7 Å². The second-order valence-electron chi connectivity index (χ2n) is 4.01. The molecule has 0 aliphatic rings.